The van der Waals surface area contributed by atoms with Crippen LogP contribution in [0.5, 0.6) is 0 Å². The van der Waals surface area contributed by atoms with Crippen LogP contribution in [0.15, 0.2) is 27.6 Å². The van der Waals surface area contributed by atoms with Gasteiger partial charge in [-0.25, -0.2) is 17.9 Å². The summed E-state index contributed by atoms with van der Waals surface area (Å²) in [6.07, 6.45) is 2.70. The van der Waals surface area contributed by atoms with E-state index < -0.39 is 16.0 Å². The average Bonchev–Trinajstić information content (AvgIpc) is 2.34. The molecule has 0 atom stereocenters. The van der Waals surface area contributed by atoms with E-state index in [4.69, 9.17) is 5.11 Å². The van der Waals surface area contributed by atoms with E-state index in [9.17, 15) is 13.2 Å². The summed E-state index contributed by atoms with van der Waals surface area (Å²) < 4.78 is 26.7. The molecule has 8 heteroatoms. The van der Waals surface area contributed by atoms with Gasteiger partial charge in [-0.05, 0) is 52.6 Å². The predicted octanol–water partition coefficient (Wildman–Crippen LogP) is 2.18. The van der Waals surface area contributed by atoms with Gasteiger partial charge in [0.25, 0.3) is 0 Å². The molecule has 5 nitrogen and oxygen atoms in total. The zero-order valence-corrected chi connectivity index (χ0v) is 13.4. The molecule has 1 aromatic rings. The van der Waals surface area contributed by atoms with Crippen LogP contribution in [-0.4, -0.2) is 38.0 Å². The fraction of sp³-hybridized carbons (Fsp3) is 0.364. The summed E-state index contributed by atoms with van der Waals surface area (Å²) in [5.41, 5.74) is 0.0354. The molecule has 0 amide bonds. The van der Waals surface area contributed by atoms with Gasteiger partial charge in [0.15, 0.2) is 0 Å². The maximum absolute atomic E-state index is 12.0. The molecule has 0 radical (unpaired) electrons. The van der Waals surface area contributed by atoms with E-state index in [0.717, 1.165) is 12.2 Å². The van der Waals surface area contributed by atoms with E-state index in [1.807, 2.05) is 6.26 Å². The number of sulfonamides is 1. The minimum Gasteiger partial charge on any atom is -0.478 e. The minimum absolute atomic E-state index is 0.0354. The van der Waals surface area contributed by atoms with E-state index in [-0.39, 0.29) is 14.9 Å². The molecule has 0 saturated heterocycles. The van der Waals surface area contributed by atoms with Gasteiger partial charge in [-0.15, -0.1) is 0 Å². The van der Waals surface area contributed by atoms with Crippen LogP contribution in [0.3, 0.4) is 0 Å². The van der Waals surface area contributed by atoms with Crippen molar-refractivity contribution in [2.75, 3.05) is 18.6 Å². The zero-order chi connectivity index (χ0) is 14.5. The van der Waals surface area contributed by atoms with Crippen LogP contribution < -0.4 is 4.72 Å². The van der Waals surface area contributed by atoms with Crippen molar-refractivity contribution in [1.82, 2.24) is 4.72 Å². The van der Waals surface area contributed by atoms with Crippen LogP contribution >= 0.6 is 27.7 Å². The number of hydrogen-bond donors (Lipinski definition) is 2. The molecule has 0 bridgehead atoms. The highest BCUT2D eigenvalue weighted by atomic mass is 79.9. The monoisotopic (exact) mass is 367 g/mol. The normalized spacial score (nSPS) is 11.5. The van der Waals surface area contributed by atoms with Gasteiger partial charge in [0.05, 0.1) is 10.5 Å². The molecule has 0 aliphatic carbocycles. The average molecular weight is 368 g/mol. The van der Waals surface area contributed by atoms with E-state index >= 15 is 0 Å². The van der Waals surface area contributed by atoms with E-state index in [0.29, 0.717) is 6.54 Å². The Bertz CT molecular complexity index is 560. The number of rotatable bonds is 7. The van der Waals surface area contributed by atoms with Crippen LogP contribution in [0.4, 0.5) is 0 Å². The third-order valence-electron chi connectivity index (χ3n) is 2.29. The van der Waals surface area contributed by atoms with Crippen molar-refractivity contribution in [3.05, 3.63) is 28.2 Å². The first kappa shape index (κ1) is 16.5. The van der Waals surface area contributed by atoms with Crippen molar-refractivity contribution in [3.63, 3.8) is 0 Å². The largest absolute Gasteiger partial charge is 0.478 e. The zero-order valence-electron chi connectivity index (χ0n) is 10.2. The standard InChI is InChI=1S/C11H14BrNO4S2/c1-18-6-2-5-13-19(16,17)10-4-3-8(11(14)15)7-9(10)12/h3-4,7,13H,2,5-6H2,1H3,(H,14,15). The van der Waals surface area contributed by atoms with E-state index in [1.165, 1.54) is 18.2 Å². The summed E-state index contributed by atoms with van der Waals surface area (Å²) in [5.74, 6) is -0.223. The lowest BCUT2D eigenvalue weighted by molar-refractivity contribution is 0.0696. The molecule has 106 valence electrons. The Morgan fingerprint density at radius 1 is 1.47 bits per heavy atom. The number of aromatic carboxylic acids is 1. The van der Waals surface area contributed by atoms with E-state index in [2.05, 4.69) is 20.7 Å². The summed E-state index contributed by atoms with van der Waals surface area (Å²) in [5, 5.41) is 8.82. The molecule has 0 saturated carbocycles. The number of thioether (sulfide) groups is 1. The number of carbonyl (C=O) groups is 1. The second-order valence-corrected chi connectivity index (χ2v) is 7.27. The van der Waals surface area contributed by atoms with Crippen molar-refractivity contribution in [2.45, 2.75) is 11.3 Å². The SMILES string of the molecule is CSCCCNS(=O)(=O)c1ccc(C(=O)O)cc1Br. The minimum atomic E-state index is -3.61. The van der Waals surface area contributed by atoms with Crippen LogP contribution in [0.1, 0.15) is 16.8 Å². The topological polar surface area (TPSA) is 83.5 Å². The Morgan fingerprint density at radius 3 is 2.68 bits per heavy atom. The predicted molar refractivity (Wildman–Crippen MR) is 79.3 cm³/mol. The summed E-state index contributed by atoms with van der Waals surface area (Å²) in [6.45, 7) is 0.357. The fourth-order valence-electron chi connectivity index (χ4n) is 1.35. The molecule has 0 unspecified atom stereocenters. The molecular formula is C11H14BrNO4S2. The second kappa shape index (κ2) is 7.28. The molecule has 2 N–H and O–H groups in total. The molecule has 0 aliphatic rings. The highest BCUT2D eigenvalue weighted by Gasteiger charge is 2.18. The summed E-state index contributed by atoms with van der Waals surface area (Å²) >= 11 is 4.73. The van der Waals surface area contributed by atoms with Gasteiger partial charge in [-0.2, -0.15) is 11.8 Å². The molecule has 0 spiro atoms. The molecule has 0 aliphatic heterocycles. The summed E-state index contributed by atoms with van der Waals surface area (Å²) in [4.78, 5) is 10.8. The number of hydrogen-bond acceptors (Lipinski definition) is 4. The first-order valence-electron chi connectivity index (χ1n) is 5.40. The fourth-order valence-corrected chi connectivity index (χ4v) is 3.94. The van der Waals surface area contributed by atoms with Gasteiger partial charge in [-0.3, -0.25) is 0 Å². The van der Waals surface area contributed by atoms with Crippen LogP contribution in [0.2, 0.25) is 0 Å². The Morgan fingerprint density at radius 2 is 2.16 bits per heavy atom. The number of halogens is 1. The van der Waals surface area contributed by atoms with Gasteiger partial charge in [0.1, 0.15) is 0 Å². The first-order chi connectivity index (χ1) is 8.88. The van der Waals surface area contributed by atoms with Crippen LogP contribution in [-0.2, 0) is 10.0 Å². The molecule has 0 fully saturated rings. The van der Waals surface area contributed by atoms with E-state index in [1.54, 1.807) is 11.8 Å². The Labute approximate surface area is 125 Å². The Balaban J connectivity index is 2.87. The molecule has 0 aromatic heterocycles. The van der Waals surface area contributed by atoms with Gasteiger partial charge in [0, 0.05) is 11.0 Å². The number of carboxylic acid groups (broad SMARTS) is 1. The van der Waals surface area contributed by atoms with Gasteiger partial charge < -0.3 is 5.11 Å². The number of benzene rings is 1. The van der Waals surface area contributed by atoms with Crippen LogP contribution in [0.25, 0.3) is 0 Å². The molecule has 19 heavy (non-hydrogen) atoms. The molecule has 1 rings (SSSR count). The quantitative estimate of drug-likeness (QED) is 0.721. The second-order valence-electron chi connectivity index (χ2n) is 3.69. The Hall–Kier alpha value is -0.570. The highest BCUT2D eigenvalue weighted by molar-refractivity contribution is 9.10. The van der Waals surface area contributed by atoms with Crippen LogP contribution in [0, 0.1) is 0 Å². The third kappa shape index (κ3) is 4.79. The summed E-state index contributed by atoms with van der Waals surface area (Å²) in [7, 11) is -3.61. The van der Waals surface area contributed by atoms with Gasteiger partial charge in [0.2, 0.25) is 10.0 Å². The number of nitrogens with one attached hydrogen (secondary N) is 1. The maximum Gasteiger partial charge on any atom is 0.335 e. The number of carboxylic acids is 1. The highest BCUT2D eigenvalue weighted by Crippen LogP contribution is 2.23. The summed E-state index contributed by atoms with van der Waals surface area (Å²) in [6, 6.07) is 3.83. The lowest BCUT2D eigenvalue weighted by Gasteiger charge is -2.08. The molecule has 1 aromatic carbocycles. The van der Waals surface area contributed by atoms with Crippen molar-refractivity contribution >= 4 is 43.7 Å². The maximum atomic E-state index is 12.0. The smallest absolute Gasteiger partial charge is 0.335 e. The lowest BCUT2D eigenvalue weighted by atomic mass is 10.2. The van der Waals surface area contributed by atoms with Crippen molar-refractivity contribution in [2.24, 2.45) is 0 Å². The Kier molecular flexibility index (Phi) is 6.31. The third-order valence-corrected chi connectivity index (χ3v) is 5.42. The molecule has 0 heterocycles. The lowest BCUT2D eigenvalue weighted by Crippen LogP contribution is -2.25. The van der Waals surface area contributed by atoms with Crippen molar-refractivity contribution < 1.29 is 18.3 Å². The van der Waals surface area contributed by atoms with Gasteiger partial charge >= 0.3 is 5.97 Å². The van der Waals surface area contributed by atoms with Crippen molar-refractivity contribution in [3.8, 4) is 0 Å². The first-order valence-corrected chi connectivity index (χ1v) is 9.07. The molecular weight excluding hydrogens is 354 g/mol. The van der Waals surface area contributed by atoms with Crippen molar-refractivity contribution in [1.29, 1.82) is 0 Å². The van der Waals surface area contributed by atoms with Gasteiger partial charge in [-0.1, -0.05) is 0 Å².